The fourth-order valence-corrected chi connectivity index (χ4v) is 7.47. The molecule has 220 valence electrons. The van der Waals surface area contributed by atoms with Gasteiger partial charge < -0.3 is 18.8 Å². The Kier molecular flexibility index (Phi) is 12.3. The Morgan fingerprint density at radius 1 is 1.24 bits per heavy atom. The molecule has 2 aliphatic rings. The summed E-state index contributed by atoms with van der Waals surface area (Å²) in [7, 11) is -1.17. The number of nitrogens with zero attached hydrogens (tertiary/aromatic N) is 3. The lowest BCUT2D eigenvalue weighted by Crippen LogP contribution is -2.46. The summed E-state index contributed by atoms with van der Waals surface area (Å²) in [4.78, 5) is 4.87. The van der Waals surface area contributed by atoms with Crippen LogP contribution < -0.4 is 0 Å². The van der Waals surface area contributed by atoms with Crippen LogP contribution in [0.15, 0.2) is 10.8 Å². The molecule has 0 bridgehead atoms. The predicted molar refractivity (Wildman–Crippen MR) is 162 cm³/mol. The second kappa shape index (κ2) is 14.3. The third-order valence-corrected chi connectivity index (χ3v) is 11.7. The summed E-state index contributed by atoms with van der Waals surface area (Å²) < 4.78 is 36.9. The third-order valence-electron chi connectivity index (χ3n) is 7.46. The average molecular weight is 635 g/mol. The molecule has 1 aliphatic heterocycles. The molecule has 0 aromatic carbocycles. The van der Waals surface area contributed by atoms with Crippen LogP contribution in [0.25, 0.3) is 0 Å². The van der Waals surface area contributed by atoms with Crippen molar-refractivity contribution in [1.29, 1.82) is 0 Å². The zero-order valence-electron chi connectivity index (χ0n) is 24.9. The van der Waals surface area contributed by atoms with Crippen molar-refractivity contribution in [3.63, 3.8) is 0 Å². The molecular weight excluding hydrogens is 582 g/mol. The quantitative estimate of drug-likeness (QED) is 0.102. The van der Waals surface area contributed by atoms with Gasteiger partial charge in [0.2, 0.25) is 0 Å². The molecule has 1 aromatic rings. The van der Waals surface area contributed by atoms with Crippen molar-refractivity contribution >= 4 is 35.4 Å². The normalized spacial score (nSPS) is 19.8. The SMILES string of the molecule is CCC1(CCCCC[C@@H](c2ncc(Br)n2COCC[Si](C)(C)C)N(CC2CC2)[S@+]([O-])C(C)(C)C)OCCO1. The maximum absolute atomic E-state index is 13.9. The molecule has 3 rings (SSSR count). The van der Waals surface area contributed by atoms with Crippen molar-refractivity contribution in [2.75, 3.05) is 26.4 Å². The first-order chi connectivity index (χ1) is 17.9. The number of hydrogen-bond acceptors (Lipinski definition) is 6. The summed E-state index contributed by atoms with van der Waals surface area (Å²) in [5.74, 6) is 1.19. The maximum atomic E-state index is 13.9. The minimum atomic E-state index is -1.17. The molecule has 1 saturated carbocycles. The molecule has 2 fully saturated rings. The minimum Gasteiger partial charge on any atom is -0.597 e. The van der Waals surface area contributed by atoms with Gasteiger partial charge in [0.25, 0.3) is 0 Å². The van der Waals surface area contributed by atoms with Crippen LogP contribution in [0.5, 0.6) is 0 Å². The molecule has 0 N–H and O–H groups in total. The van der Waals surface area contributed by atoms with E-state index in [1.54, 1.807) is 0 Å². The molecule has 0 unspecified atom stereocenters. The van der Waals surface area contributed by atoms with Crippen molar-refractivity contribution in [3.05, 3.63) is 16.6 Å². The second-order valence-corrected chi connectivity index (χ2v) is 21.8. The number of ether oxygens (including phenoxy) is 3. The molecule has 0 amide bonds. The van der Waals surface area contributed by atoms with E-state index in [0.29, 0.717) is 25.9 Å². The van der Waals surface area contributed by atoms with Gasteiger partial charge in [0.05, 0.1) is 19.4 Å². The van der Waals surface area contributed by atoms with Gasteiger partial charge in [-0.25, -0.2) is 4.98 Å². The lowest BCUT2D eigenvalue weighted by Gasteiger charge is -2.37. The topological polar surface area (TPSA) is 71.8 Å². The van der Waals surface area contributed by atoms with Gasteiger partial charge in [-0.15, -0.1) is 4.31 Å². The maximum Gasteiger partial charge on any atom is 0.168 e. The van der Waals surface area contributed by atoms with E-state index >= 15 is 0 Å². The van der Waals surface area contributed by atoms with Crippen LogP contribution >= 0.6 is 15.9 Å². The van der Waals surface area contributed by atoms with Gasteiger partial charge in [-0.3, -0.25) is 4.57 Å². The van der Waals surface area contributed by atoms with Gasteiger partial charge in [0.15, 0.2) is 5.79 Å². The van der Waals surface area contributed by atoms with Crippen LogP contribution in [-0.4, -0.2) is 63.4 Å². The van der Waals surface area contributed by atoms with Gasteiger partial charge in [-0.05, 0) is 80.8 Å². The van der Waals surface area contributed by atoms with E-state index < -0.39 is 19.4 Å². The zero-order chi connectivity index (χ0) is 28.0. The van der Waals surface area contributed by atoms with Crippen LogP contribution in [0.4, 0.5) is 0 Å². The zero-order valence-corrected chi connectivity index (χ0v) is 28.3. The molecule has 7 nitrogen and oxygen atoms in total. The van der Waals surface area contributed by atoms with E-state index in [-0.39, 0.29) is 16.6 Å². The van der Waals surface area contributed by atoms with Gasteiger partial charge in [0, 0.05) is 39.0 Å². The largest absolute Gasteiger partial charge is 0.597 e. The van der Waals surface area contributed by atoms with Crippen molar-refractivity contribution in [2.24, 2.45) is 5.92 Å². The van der Waals surface area contributed by atoms with E-state index in [9.17, 15) is 4.55 Å². The van der Waals surface area contributed by atoms with E-state index in [1.165, 1.54) is 12.8 Å². The second-order valence-electron chi connectivity index (χ2n) is 13.2. The Bertz CT molecular complexity index is 850. The van der Waals surface area contributed by atoms with Gasteiger partial charge in [-0.2, -0.15) is 0 Å². The smallest absolute Gasteiger partial charge is 0.168 e. The highest BCUT2D eigenvalue weighted by Crippen LogP contribution is 2.39. The molecule has 0 radical (unpaired) electrons. The van der Waals surface area contributed by atoms with Crippen LogP contribution in [0.2, 0.25) is 25.7 Å². The molecule has 2 atom stereocenters. The summed E-state index contributed by atoms with van der Waals surface area (Å²) >= 11 is 2.59. The van der Waals surface area contributed by atoms with Gasteiger partial charge in [0.1, 0.15) is 27.9 Å². The number of imidazole rings is 1. The number of unbranched alkanes of at least 4 members (excludes halogenated alkanes) is 2. The number of hydrogen-bond donors (Lipinski definition) is 0. The Morgan fingerprint density at radius 2 is 1.92 bits per heavy atom. The molecule has 2 heterocycles. The fraction of sp³-hybridized carbons (Fsp3) is 0.893. The monoisotopic (exact) mass is 633 g/mol. The average Bonchev–Trinajstić information content (AvgIpc) is 3.41. The molecule has 38 heavy (non-hydrogen) atoms. The first-order valence-corrected chi connectivity index (χ1v) is 20.2. The molecule has 1 aromatic heterocycles. The van der Waals surface area contributed by atoms with Gasteiger partial charge >= 0.3 is 0 Å². The Balaban J connectivity index is 1.74. The predicted octanol–water partition coefficient (Wildman–Crippen LogP) is 7.28. The molecule has 1 aliphatic carbocycles. The highest BCUT2D eigenvalue weighted by atomic mass is 79.9. The summed E-state index contributed by atoms with van der Waals surface area (Å²) in [6, 6.07) is 1.11. The summed E-state index contributed by atoms with van der Waals surface area (Å²) in [6.45, 7) is 19.0. The summed E-state index contributed by atoms with van der Waals surface area (Å²) in [5.41, 5.74) is 0. The van der Waals surface area contributed by atoms with Gasteiger partial charge in [-0.1, -0.05) is 39.4 Å². The van der Waals surface area contributed by atoms with Crippen LogP contribution in [0, 0.1) is 5.92 Å². The Hall–Kier alpha value is 0.0569. The van der Waals surface area contributed by atoms with Crippen molar-refractivity contribution in [2.45, 2.75) is 128 Å². The number of halogens is 1. The molecule has 10 heteroatoms. The van der Waals surface area contributed by atoms with E-state index in [4.69, 9.17) is 19.2 Å². The summed E-state index contributed by atoms with van der Waals surface area (Å²) in [6.07, 6.45) is 10.2. The van der Waals surface area contributed by atoms with Crippen molar-refractivity contribution in [1.82, 2.24) is 13.9 Å². The first-order valence-electron chi connectivity index (χ1n) is 14.6. The van der Waals surface area contributed by atoms with Crippen LogP contribution in [0.1, 0.15) is 90.9 Å². The van der Waals surface area contributed by atoms with E-state index in [0.717, 1.165) is 68.1 Å². The highest BCUT2D eigenvalue weighted by molar-refractivity contribution is 9.10. The standard InChI is InChI=1S/C28H52BrN3O4SSi/c1-8-28(35-16-17-36-28)15-11-9-10-12-24(32(21-23-13-14-23)37(33)27(2,3)4)26-30-20-25(29)31(26)22-34-18-19-38(5,6)7/h20,23-24H,8-19,21-22H2,1-7H3/t24-,37+/m0/s1. The molecule has 1 saturated heterocycles. The van der Waals surface area contributed by atoms with E-state index in [1.807, 2.05) is 6.20 Å². The first kappa shape index (κ1) is 32.6. The van der Waals surface area contributed by atoms with Crippen LogP contribution in [0.3, 0.4) is 0 Å². The van der Waals surface area contributed by atoms with E-state index in [2.05, 4.69) is 72.1 Å². The lowest BCUT2D eigenvalue weighted by molar-refractivity contribution is -0.164. The lowest BCUT2D eigenvalue weighted by atomic mass is 10.0. The molecular formula is C28H52BrN3O4SSi. The summed E-state index contributed by atoms with van der Waals surface area (Å²) in [5, 5.41) is 0. The number of aromatic nitrogens is 2. The minimum absolute atomic E-state index is 0.0262. The van der Waals surface area contributed by atoms with Crippen LogP contribution in [-0.2, 0) is 32.3 Å². The van der Waals surface area contributed by atoms with Crippen molar-refractivity contribution < 1.29 is 18.8 Å². The fourth-order valence-electron chi connectivity index (χ4n) is 4.85. The van der Waals surface area contributed by atoms with Crippen molar-refractivity contribution in [3.8, 4) is 0 Å². The molecule has 0 spiro atoms. The Labute approximate surface area is 244 Å². The highest BCUT2D eigenvalue weighted by Gasteiger charge is 2.43. The Morgan fingerprint density at radius 3 is 2.50 bits per heavy atom. The third kappa shape index (κ3) is 9.85. The number of rotatable bonds is 17.